The van der Waals surface area contributed by atoms with Gasteiger partial charge in [0.25, 0.3) is 0 Å². The molecule has 1 atom stereocenters. The highest BCUT2D eigenvalue weighted by Crippen LogP contribution is 2.23. The molecule has 1 unspecified atom stereocenters. The summed E-state index contributed by atoms with van der Waals surface area (Å²) in [6, 6.07) is 20.0. The molecule has 0 saturated heterocycles. The minimum Gasteiger partial charge on any atom is -0.384 e. The molecule has 0 bridgehead atoms. The van der Waals surface area contributed by atoms with E-state index in [1.54, 1.807) is 0 Å². The van der Waals surface area contributed by atoms with Crippen molar-refractivity contribution in [3.63, 3.8) is 0 Å². The summed E-state index contributed by atoms with van der Waals surface area (Å²) in [4.78, 5) is 4.00. The fourth-order valence-electron chi connectivity index (χ4n) is 2.45. The summed E-state index contributed by atoms with van der Waals surface area (Å²) >= 11 is 0. The standard InChI is InChI=1S/C18H21N5/c1-13(19)22-18(20)17(23-21)16(15-10-6-3-7-11-15)12-14-8-4-2-5-9-14/h2-11,16H,1,12,19,21H2,(H2,20,22)/b23-17-. The van der Waals surface area contributed by atoms with Crippen molar-refractivity contribution in [2.45, 2.75) is 12.3 Å². The van der Waals surface area contributed by atoms with E-state index in [1.165, 1.54) is 0 Å². The number of nitrogens with two attached hydrogens (primary N) is 3. The zero-order valence-electron chi connectivity index (χ0n) is 12.9. The molecule has 0 amide bonds. The predicted octanol–water partition coefficient (Wildman–Crippen LogP) is 2.11. The summed E-state index contributed by atoms with van der Waals surface area (Å²) in [7, 11) is 0. The summed E-state index contributed by atoms with van der Waals surface area (Å²) in [5.74, 6) is 5.78. The highest BCUT2D eigenvalue weighted by atomic mass is 15.1. The summed E-state index contributed by atoms with van der Waals surface area (Å²) in [6.07, 6.45) is 0.703. The van der Waals surface area contributed by atoms with Gasteiger partial charge < -0.3 is 17.3 Å². The van der Waals surface area contributed by atoms with Gasteiger partial charge in [-0.3, -0.25) is 0 Å². The molecule has 23 heavy (non-hydrogen) atoms. The molecule has 0 aromatic heterocycles. The highest BCUT2D eigenvalue weighted by molar-refractivity contribution is 6.43. The van der Waals surface area contributed by atoms with E-state index < -0.39 is 0 Å². The van der Waals surface area contributed by atoms with Crippen LogP contribution in [0.2, 0.25) is 0 Å². The van der Waals surface area contributed by atoms with Crippen molar-refractivity contribution < 1.29 is 0 Å². The van der Waals surface area contributed by atoms with Crippen LogP contribution in [0, 0.1) is 0 Å². The Balaban J connectivity index is 2.42. The Hall–Kier alpha value is -3.08. The monoisotopic (exact) mass is 307 g/mol. The summed E-state index contributed by atoms with van der Waals surface area (Å²) in [5, 5.41) is 3.88. The molecule has 0 radical (unpaired) electrons. The lowest BCUT2D eigenvalue weighted by Crippen LogP contribution is -2.32. The highest BCUT2D eigenvalue weighted by Gasteiger charge is 2.22. The van der Waals surface area contributed by atoms with Gasteiger partial charge >= 0.3 is 0 Å². The molecule has 0 aliphatic rings. The first kappa shape index (κ1) is 16.3. The summed E-state index contributed by atoms with van der Waals surface area (Å²) < 4.78 is 0. The number of amidine groups is 1. The van der Waals surface area contributed by atoms with Crippen molar-refractivity contribution in [3.05, 3.63) is 84.2 Å². The molecule has 6 N–H and O–H groups in total. The Labute approximate surface area is 136 Å². The molecule has 5 heteroatoms. The van der Waals surface area contributed by atoms with Crippen molar-refractivity contribution in [2.75, 3.05) is 0 Å². The number of hydrazone groups is 1. The molecule has 0 spiro atoms. The first-order valence-electron chi connectivity index (χ1n) is 7.27. The van der Waals surface area contributed by atoms with Gasteiger partial charge in [-0.25, -0.2) is 4.99 Å². The van der Waals surface area contributed by atoms with Crippen LogP contribution in [-0.2, 0) is 6.42 Å². The van der Waals surface area contributed by atoms with Crippen LogP contribution in [0.25, 0.3) is 0 Å². The first-order valence-corrected chi connectivity index (χ1v) is 7.27. The van der Waals surface area contributed by atoms with E-state index in [1.807, 2.05) is 48.5 Å². The third-order valence-electron chi connectivity index (χ3n) is 3.48. The second-order valence-electron chi connectivity index (χ2n) is 5.16. The van der Waals surface area contributed by atoms with Gasteiger partial charge in [-0.05, 0) is 17.5 Å². The van der Waals surface area contributed by atoms with Crippen molar-refractivity contribution >= 4 is 11.5 Å². The van der Waals surface area contributed by atoms with E-state index in [0.717, 1.165) is 11.1 Å². The minimum atomic E-state index is -0.119. The Morgan fingerprint density at radius 2 is 1.52 bits per heavy atom. The van der Waals surface area contributed by atoms with Crippen LogP contribution < -0.4 is 17.3 Å². The van der Waals surface area contributed by atoms with E-state index in [4.69, 9.17) is 17.3 Å². The molecule has 2 aromatic rings. The quantitative estimate of drug-likeness (QED) is 0.329. The van der Waals surface area contributed by atoms with E-state index in [9.17, 15) is 0 Å². The van der Waals surface area contributed by atoms with Gasteiger partial charge in [0.1, 0.15) is 17.4 Å². The van der Waals surface area contributed by atoms with Crippen LogP contribution in [0.4, 0.5) is 0 Å². The van der Waals surface area contributed by atoms with Crippen molar-refractivity contribution in [1.29, 1.82) is 0 Å². The van der Waals surface area contributed by atoms with Crippen LogP contribution in [0.15, 0.2) is 83.2 Å². The molecule has 118 valence electrons. The van der Waals surface area contributed by atoms with E-state index in [-0.39, 0.29) is 17.6 Å². The Morgan fingerprint density at radius 3 is 2.04 bits per heavy atom. The zero-order valence-corrected chi connectivity index (χ0v) is 12.9. The van der Waals surface area contributed by atoms with Gasteiger partial charge in [-0.15, -0.1) is 0 Å². The lowest BCUT2D eigenvalue weighted by Gasteiger charge is -2.19. The average molecular weight is 307 g/mol. The third-order valence-corrected chi connectivity index (χ3v) is 3.48. The number of hydrogen-bond acceptors (Lipinski definition) is 4. The molecule has 2 rings (SSSR count). The maximum Gasteiger partial charge on any atom is 0.149 e. The molecular formula is C18H21N5. The van der Waals surface area contributed by atoms with Gasteiger partial charge in [-0.1, -0.05) is 67.2 Å². The molecule has 0 fully saturated rings. The third kappa shape index (κ3) is 4.44. The molecule has 0 saturated carbocycles. The molecular weight excluding hydrogens is 286 g/mol. The number of nitrogens with zero attached hydrogens (tertiary/aromatic N) is 2. The van der Waals surface area contributed by atoms with Crippen molar-refractivity contribution in [3.8, 4) is 0 Å². The van der Waals surface area contributed by atoms with Gasteiger partial charge in [0.05, 0.1) is 0 Å². The van der Waals surface area contributed by atoms with Crippen LogP contribution in [0.3, 0.4) is 0 Å². The maximum absolute atomic E-state index is 6.02. The molecule has 2 aromatic carbocycles. The van der Waals surface area contributed by atoms with Gasteiger partial charge in [-0.2, -0.15) is 5.10 Å². The number of rotatable bonds is 6. The Morgan fingerprint density at radius 1 is 0.957 bits per heavy atom. The SMILES string of the molecule is C=C(N)/N=C(N)\C(=N/N)C(Cc1ccccc1)c1ccccc1. The lowest BCUT2D eigenvalue weighted by atomic mass is 9.87. The molecule has 5 nitrogen and oxygen atoms in total. The largest absolute Gasteiger partial charge is 0.384 e. The molecule has 0 aliphatic heterocycles. The second kappa shape index (κ2) is 7.79. The van der Waals surface area contributed by atoms with Gasteiger partial charge in [0.15, 0.2) is 0 Å². The van der Waals surface area contributed by atoms with E-state index in [0.29, 0.717) is 12.1 Å². The van der Waals surface area contributed by atoms with E-state index >= 15 is 0 Å². The molecule has 0 aliphatic carbocycles. The second-order valence-corrected chi connectivity index (χ2v) is 5.16. The van der Waals surface area contributed by atoms with Crippen LogP contribution >= 0.6 is 0 Å². The fourth-order valence-corrected chi connectivity index (χ4v) is 2.45. The van der Waals surface area contributed by atoms with Crippen LogP contribution in [0.1, 0.15) is 17.0 Å². The van der Waals surface area contributed by atoms with Gasteiger partial charge in [0, 0.05) is 5.92 Å². The topological polar surface area (TPSA) is 103 Å². The number of hydrogen-bond donors (Lipinski definition) is 3. The maximum atomic E-state index is 6.02. The van der Waals surface area contributed by atoms with Crippen LogP contribution in [0.5, 0.6) is 0 Å². The first-order chi connectivity index (χ1) is 11.1. The van der Waals surface area contributed by atoms with Crippen molar-refractivity contribution in [2.24, 2.45) is 27.4 Å². The predicted molar refractivity (Wildman–Crippen MR) is 95.9 cm³/mol. The van der Waals surface area contributed by atoms with Crippen LogP contribution in [-0.4, -0.2) is 11.5 Å². The van der Waals surface area contributed by atoms with E-state index in [2.05, 4.69) is 28.8 Å². The minimum absolute atomic E-state index is 0.119. The van der Waals surface area contributed by atoms with Crippen molar-refractivity contribution in [1.82, 2.24) is 0 Å². The summed E-state index contributed by atoms with van der Waals surface area (Å²) in [6.45, 7) is 3.54. The Kier molecular flexibility index (Phi) is 5.52. The zero-order chi connectivity index (χ0) is 16.7. The number of aliphatic imine (C=N–C) groups is 1. The fraction of sp³-hybridized carbons (Fsp3) is 0.111. The number of benzene rings is 2. The van der Waals surface area contributed by atoms with Gasteiger partial charge in [0.2, 0.25) is 0 Å². The average Bonchev–Trinajstić information content (AvgIpc) is 2.56. The smallest absolute Gasteiger partial charge is 0.149 e. The lowest BCUT2D eigenvalue weighted by molar-refractivity contribution is 0.875. The summed E-state index contributed by atoms with van der Waals surface area (Å²) in [5.41, 5.74) is 14.2. The Bertz CT molecular complexity index is 705. The molecule has 0 heterocycles. The normalized spacial score (nSPS) is 13.6.